The molecule has 1 atom stereocenters. The summed E-state index contributed by atoms with van der Waals surface area (Å²) in [7, 11) is 10.8. The second kappa shape index (κ2) is 27.4. The van der Waals surface area contributed by atoms with Gasteiger partial charge in [-0.05, 0) is 73.0 Å². The third kappa shape index (κ3) is 17.6. The van der Waals surface area contributed by atoms with E-state index in [-0.39, 0.29) is 29.6 Å². The summed E-state index contributed by atoms with van der Waals surface area (Å²) in [5.74, 6) is -0.612. The predicted molar refractivity (Wildman–Crippen MR) is 267 cm³/mol. The van der Waals surface area contributed by atoms with Gasteiger partial charge in [0.25, 0.3) is 12.3 Å². The lowest BCUT2D eigenvalue weighted by Crippen LogP contribution is -2.19. The maximum atomic E-state index is 13.5. The van der Waals surface area contributed by atoms with Gasteiger partial charge in [0.2, 0.25) is 0 Å². The molecular weight excluding hydrogens is 899 g/mol. The summed E-state index contributed by atoms with van der Waals surface area (Å²) in [5, 5.41) is 24.8. The summed E-state index contributed by atoms with van der Waals surface area (Å²) in [4.78, 5) is 0. The molecule has 0 saturated heterocycles. The molecule has 12 nitrogen and oxygen atoms in total. The number of aryl methyl sites for hydroxylation is 7. The van der Waals surface area contributed by atoms with Gasteiger partial charge in [0.15, 0.2) is 0 Å². The molecule has 0 amide bonds. The minimum absolute atomic E-state index is 0.0509. The van der Waals surface area contributed by atoms with Crippen molar-refractivity contribution in [3.63, 3.8) is 0 Å². The molecule has 68 heavy (non-hydrogen) atoms. The van der Waals surface area contributed by atoms with Crippen LogP contribution in [0.15, 0.2) is 37.2 Å². The molecule has 0 aliphatic heterocycles. The molecule has 0 radical (unpaired) electrons. The molecule has 384 valence electrons. The summed E-state index contributed by atoms with van der Waals surface area (Å²) in [6.45, 7) is 31.8. The van der Waals surface area contributed by atoms with Gasteiger partial charge in [-0.3, -0.25) is 28.1 Å². The van der Waals surface area contributed by atoms with Gasteiger partial charge in [-0.25, -0.2) is 13.2 Å². The predicted octanol–water partition coefficient (Wildman–Crippen LogP) is 14.0. The maximum absolute atomic E-state index is 13.5. The summed E-state index contributed by atoms with van der Waals surface area (Å²) < 4.78 is 74.6. The Hall–Kier alpha value is -4.80. The Morgan fingerprint density at radius 3 is 1.21 bits per heavy atom. The van der Waals surface area contributed by atoms with Crippen molar-refractivity contribution in [1.29, 1.82) is 0 Å². The second-order valence-corrected chi connectivity index (χ2v) is 19.3. The molecule has 6 aromatic rings. The lowest BCUT2D eigenvalue weighted by Gasteiger charge is -2.17. The average Bonchev–Trinajstić information content (AvgIpc) is 4.10. The molecule has 0 aliphatic rings. The fourth-order valence-electron chi connectivity index (χ4n) is 7.12. The van der Waals surface area contributed by atoms with E-state index in [9.17, 15) is 22.0 Å². The Bertz CT molecular complexity index is 2280. The molecule has 0 saturated carbocycles. The van der Waals surface area contributed by atoms with Gasteiger partial charge in [-0.2, -0.15) is 39.4 Å². The summed E-state index contributed by atoms with van der Waals surface area (Å²) in [6.07, 6.45) is 7.17. The molecule has 6 aromatic heterocycles. The first-order valence-corrected chi connectivity index (χ1v) is 23.7. The fraction of sp³-hybridized carbons (Fsp3) is 0.640. The van der Waals surface area contributed by atoms with Crippen LogP contribution in [0.3, 0.4) is 0 Å². The summed E-state index contributed by atoms with van der Waals surface area (Å²) in [5.41, 5.74) is 9.17. The van der Waals surface area contributed by atoms with Crippen molar-refractivity contribution in [1.82, 2.24) is 58.7 Å². The molecule has 0 aromatic carbocycles. The van der Waals surface area contributed by atoms with E-state index in [4.69, 9.17) is 11.6 Å². The van der Waals surface area contributed by atoms with Crippen molar-refractivity contribution in [2.45, 2.75) is 171 Å². The van der Waals surface area contributed by atoms with Crippen molar-refractivity contribution in [2.24, 2.45) is 42.3 Å². The van der Waals surface area contributed by atoms with Gasteiger partial charge in [0.1, 0.15) is 22.7 Å². The van der Waals surface area contributed by atoms with E-state index in [2.05, 4.69) is 92.2 Å². The standard InChI is InChI=1S/C10H16F2N2.C9H15FN2.C8H12F2N2.2C8H14N2.C7H11ClN2/c1-5-10(11,12)9-8(7(2)3)6-13-14(9)4;1-6(2)8-5-11-12(4)9(8)7(3)10;1-5(2)6-4-12(3)11-7(6)8(9)10;1-6(2)8-5-10(4)9-7(8)3;1-6(2)8-5-9-10(4)7(8)3;1-5(2)6-4-9-10(3)7(6)8/h6-7H,5H2,1-4H3;5-7H,1-4H3;4-5,8H,1-3H3;2*5-6H,1-4H3;4-5H,1-3H3. The number of rotatable bonds is 10. The van der Waals surface area contributed by atoms with Gasteiger partial charge >= 0.3 is 0 Å². The second-order valence-electron chi connectivity index (χ2n) is 18.9. The average molecular weight is 982 g/mol. The molecule has 18 heteroatoms. The summed E-state index contributed by atoms with van der Waals surface area (Å²) in [6, 6.07) is 0. The quantitative estimate of drug-likeness (QED) is 0.127. The van der Waals surface area contributed by atoms with Crippen LogP contribution in [0.5, 0.6) is 0 Å². The van der Waals surface area contributed by atoms with E-state index < -0.39 is 18.5 Å². The third-order valence-corrected chi connectivity index (χ3v) is 11.7. The zero-order valence-electron chi connectivity index (χ0n) is 44.9. The van der Waals surface area contributed by atoms with Gasteiger partial charge in [0, 0.05) is 83.5 Å². The van der Waals surface area contributed by atoms with Gasteiger partial charge < -0.3 is 0 Å². The van der Waals surface area contributed by atoms with Gasteiger partial charge in [0.05, 0.1) is 36.2 Å². The van der Waals surface area contributed by atoms with Crippen LogP contribution in [0.4, 0.5) is 22.0 Å². The Morgan fingerprint density at radius 1 is 0.515 bits per heavy atom. The fourth-order valence-corrected chi connectivity index (χ4v) is 7.43. The van der Waals surface area contributed by atoms with E-state index in [1.165, 1.54) is 39.3 Å². The first kappa shape index (κ1) is 61.2. The van der Waals surface area contributed by atoms with E-state index in [1.54, 1.807) is 49.8 Å². The van der Waals surface area contributed by atoms with Crippen LogP contribution >= 0.6 is 11.6 Å². The summed E-state index contributed by atoms with van der Waals surface area (Å²) >= 11 is 5.90. The number of aromatic nitrogens is 12. The lowest BCUT2D eigenvalue weighted by atomic mass is 10.00. The molecule has 0 bridgehead atoms. The van der Waals surface area contributed by atoms with Gasteiger partial charge in [-0.15, -0.1) is 0 Å². The Labute approximate surface area is 408 Å². The van der Waals surface area contributed by atoms with Crippen LogP contribution in [0, 0.1) is 13.8 Å². The molecular formula is C50H82ClF5N12. The molecule has 0 aliphatic carbocycles. The number of alkyl halides is 5. The highest BCUT2D eigenvalue weighted by molar-refractivity contribution is 6.30. The largest absolute Gasteiger partial charge is 0.289 e. The Kier molecular flexibility index (Phi) is 24.7. The van der Waals surface area contributed by atoms with Crippen molar-refractivity contribution < 1.29 is 22.0 Å². The monoisotopic (exact) mass is 981 g/mol. The van der Waals surface area contributed by atoms with Crippen molar-refractivity contribution in [3.8, 4) is 0 Å². The topological polar surface area (TPSA) is 107 Å². The molecule has 0 spiro atoms. The zero-order valence-corrected chi connectivity index (χ0v) is 45.7. The van der Waals surface area contributed by atoms with Crippen LogP contribution in [0.2, 0.25) is 5.15 Å². The Morgan fingerprint density at radius 2 is 0.912 bits per heavy atom. The Balaban J connectivity index is 0.000000410. The minimum Gasteiger partial charge on any atom is -0.275 e. The van der Waals surface area contributed by atoms with Crippen LogP contribution in [0.1, 0.15) is 213 Å². The van der Waals surface area contributed by atoms with Gasteiger partial charge in [-0.1, -0.05) is 102 Å². The van der Waals surface area contributed by atoms with E-state index in [0.29, 0.717) is 40.5 Å². The van der Waals surface area contributed by atoms with Crippen molar-refractivity contribution in [3.05, 3.63) is 104 Å². The highest BCUT2D eigenvalue weighted by Gasteiger charge is 2.36. The zero-order chi connectivity index (χ0) is 52.7. The molecule has 0 N–H and O–H groups in total. The highest BCUT2D eigenvalue weighted by Crippen LogP contribution is 2.36. The van der Waals surface area contributed by atoms with E-state index in [1.807, 2.05) is 84.4 Å². The number of halogens is 6. The minimum atomic E-state index is -2.77. The first-order valence-electron chi connectivity index (χ1n) is 23.4. The molecule has 6 rings (SSSR count). The maximum Gasteiger partial charge on any atom is 0.289 e. The van der Waals surface area contributed by atoms with E-state index in [0.717, 1.165) is 22.0 Å². The number of hydrogen-bond donors (Lipinski definition) is 0. The van der Waals surface area contributed by atoms with Crippen LogP contribution in [-0.2, 0) is 48.2 Å². The molecule has 1 unspecified atom stereocenters. The lowest BCUT2D eigenvalue weighted by molar-refractivity contribution is -0.0175. The molecule has 0 fully saturated rings. The number of nitrogens with zero attached hydrogens (tertiary/aromatic N) is 12. The van der Waals surface area contributed by atoms with Crippen LogP contribution in [0.25, 0.3) is 0 Å². The van der Waals surface area contributed by atoms with Crippen LogP contribution in [-0.4, -0.2) is 58.7 Å². The number of hydrogen-bond acceptors (Lipinski definition) is 6. The smallest absolute Gasteiger partial charge is 0.275 e. The van der Waals surface area contributed by atoms with E-state index >= 15 is 0 Å². The third-order valence-electron chi connectivity index (χ3n) is 11.2. The normalized spacial score (nSPS) is 11.9. The highest BCUT2D eigenvalue weighted by atomic mass is 35.5. The molecule has 6 heterocycles. The SMILES string of the molecule is CC(C)c1cn(C)nc1C(F)F.CC(C)c1cnn(C)c1C(C)F.CC(C)c1cnn(C)c1Cl.CCC(F)(F)c1c(C(C)C)cnn1C.Cc1c(C(C)C)cnn1C.Cc1nn(C)cc1C(C)C. The van der Waals surface area contributed by atoms with Crippen LogP contribution < -0.4 is 0 Å². The van der Waals surface area contributed by atoms with Crippen molar-refractivity contribution >= 4 is 11.6 Å². The van der Waals surface area contributed by atoms with Crippen molar-refractivity contribution in [2.75, 3.05) is 0 Å². The first-order chi connectivity index (χ1) is 31.3.